The van der Waals surface area contributed by atoms with Crippen LogP contribution in [0.15, 0.2) is 114 Å². The molecular formula is C57H77N3O4. The number of allylic oxidation sites excluding steroid dienone is 5. The number of aliphatic hydroxyl groups is 1. The first kappa shape index (κ1) is 47.2. The molecule has 4 aliphatic rings. The molecule has 0 unspecified atom stereocenters. The third-order valence-electron chi connectivity index (χ3n) is 14.1. The molecule has 344 valence electrons. The fourth-order valence-corrected chi connectivity index (χ4v) is 10.3. The minimum atomic E-state index is -0.0996. The van der Waals surface area contributed by atoms with E-state index in [0.29, 0.717) is 23.2 Å². The van der Waals surface area contributed by atoms with Crippen LogP contribution in [0.1, 0.15) is 148 Å². The number of aliphatic hydroxyl groups excluding tert-OH is 1. The van der Waals surface area contributed by atoms with Crippen LogP contribution in [0.5, 0.6) is 11.5 Å². The van der Waals surface area contributed by atoms with Crippen molar-refractivity contribution in [3.8, 4) is 11.5 Å². The molecule has 0 atom stereocenters. The zero-order valence-electron chi connectivity index (χ0n) is 39.5. The maximum Gasteiger partial charge on any atom is 0.201 e. The first-order chi connectivity index (χ1) is 31.5. The summed E-state index contributed by atoms with van der Waals surface area (Å²) < 4.78 is 12.3. The Labute approximate surface area is 385 Å². The Balaban J connectivity index is 0.990. The van der Waals surface area contributed by atoms with Crippen molar-refractivity contribution in [3.05, 3.63) is 120 Å². The second-order valence-electron chi connectivity index (χ2n) is 18.5. The smallest absolute Gasteiger partial charge is 0.201 e. The second-order valence-corrected chi connectivity index (χ2v) is 18.5. The summed E-state index contributed by atoms with van der Waals surface area (Å²) in [6, 6.07) is 26.4. The summed E-state index contributed by atoms with van der Waals surface area (Å²) in [5, 5.41) is 11.5. The number of benzene rings is 3. The predicted molar refractivity (Wildman–Crippen MR) is 267 cm³/mol. The number of ether oxygens (including phenoxy) is 2. The van der Waals surface area contributed by atoms with E-state index < -0.39 is 0 Å². The van der Waals surface area contributed by atoms with Crippen molar-refractivity contribution in [2.24, 2.45) is 0 Å². The molecule has 4 aliphatic carbocycles. The Hall–Kier alpha value is -4.75. The quantitative estimate of drug-likeness (QED) is 0.0710. The molecule has 7 nitrogen and oxygen atoms in total. The highest BCUT2D eigenvalue weighted by Gasteiger charge is 2.37. The molecular weight excluding hydrogens is 791 g/mol. The van der Waals surface area contributed by atoms with Gasteiger partial charge in [-0.15, -0.1) is 0 Å². The van der Waals surface area contributed by atoms with Crippen molar-refractivity contribution in [3.63, 3.8) is 0 Å². The van der Waals surface area contributed by atoms with Crippen LogP contribution in [0.2, 0.25) is 0 Å². The number of nitrogens with zero attached hydrogens (tertiary/aromatic N) is 3. The van der Waals surface area contributed by atoms with Gasteiger partial charge in [0.15, 0.2) is 0 Å². The summed E-state index contributed by atoms with van der Waals surface area (Å²) in [5.41, 5.74) is 5.79. The average molecular weight is 868 g/mol. The van der Waals surface area contributed by atoms with Crippen molar-refractivity contribution in [1.29, 1.82) is 0 Å². The Kier molecular flexibility index (Phi) is 18.1. The van der Waals surface area contributed by atoms with Gasteiger partial charge < -0.3 is 29.3 Å². The molecule has 2 saturated carbocycles. The fourth-order valence-electron chi connectivity index (χ4n) is 10.3. The molecule has 0 aliphatic heterocycles. The number of carbonyl (C=O) groups is 1. The Morgan fingerprint density at radius 2 is 1.06 bits per heavy atom. The van der Waals surface area contributed by atoms with Gasteiger partial charge in [-0.3, -0.25) is 4.79 Å². The van der Waals surface area contributed by atoms with Crippen molar-refractivity contribution < 1.29 is 19.4 Å². The van der Waals surface area contributed by atoms with Crippen LogP contribution in [0, 0.1) is 0 Å². The number of hydrogen-bond acceptors (Lipinski definition) is 7. The van der Waals surface area contributed by atoms with E-state index >= 15 is 0 Å². The number of rotatable bonds is 24. The van der Waals surface area contributed by atoms with Gasteiger partial charge in [-0.25, -0.2) is 0 Å². The average Bonchev–Trinajstić information content (AvgIpc) is 3.34. The van der Waals surface area contributed by atoms with Crippen molar-refractivity contribution >= 4 is 28.4 Å². The van der Waals surface area contributed by atoms with Gasteiger partial charge in [-0.05, 0) is 136 Å². The maximum absolute atomic E-state index is 13.8. The van der Waals surface area contributed by atoms with Gasteiger partial charge >= 0.3 is 0 Å². The zero-order valence-corrected chi connectivity index (χ0v) is 39.5. The minimum Gasteiger partial charge on any atom is -0.506 e. The summed E-state index contributed by atoms with van der Waals surface area (Å²) in [4.78, 5) is 21.4. The van der Waals surface area contributed by atoms with Crippen LogP contribution < -0.4 is 19.3 Å². The number of carbonyl (C=O) groups excluding carboxylic acids is 1. The topological polar surface area (TPSA) is 65.5 Å². The normalized spacial score (nSPS) is 18.2. The molecule has 0 spiro atoms. The highest BCUT2D eigenvalue weighted by atomic mass is 16.5. The molecule has 3 aromatic rings. The summed E-state index contributed by atoms with van der Waals surface area (Å²) in [6.45, 7) is 11.7. The van der Waals surface area contributed by atoms with Crippen LogP contribution in [-0.4, -0.2) is 66.8 Å². The lowest BCUT2D eigenvalue weighted by Gasteiger charge is -2.40. The molecule has 0 bridgehead atoms. The lowest BCUT2D eigenvalue weighted by atomic mass is 9.80. The molecule has 0 radical (unpaired) electrons. The van der Waals surface area contributed by atoms with E-state index in [-0.39, 0.29) is 17.6 Å². The molecule has 2 fully saturated rings. The number of unbranched alkanes of at least 4 members (excludes halogenated alkanes) is 7. The molecule has 64 heavy (non-hydrogen) atoms. The van der Waals surface area contributed by atoms with E-state index in [0.717, 1.165) is 86.0 Å². The standard InChI is InChI=1S/C57H77N3O4/c1-4-7-8-10-19-42-63-52-37-33-50(34-38-52)59(46-21-14-12-15-22-46)48-29-25-44(26-30-48)54-56(61)55(57(54)62)45-27-31-49(32-28-45)60(47-23-16-13-17-24-47)51-35-39-53(40-36-51)64-43-20-11-9-18-41-58(5-2)6-3/h25-40,46-47,49,61H,4-24,41-43H2,1-3H3. The van der Waals surface area contributed by atoms with Gasteiger partial charge in [0.1, 0.15) is 17.3 Å². The third-order valence-corrected chi connectivity index (χ3v) is 14.1. The third kappa shape index (κ3) is 12.3. The molecule has 0 saturated heterocycles. The number of hydrogen-bond donors (Lipinski definition) is 1. The summed E-state index contributed by atoms with van der Waals surface area (Å²) in [6.07, 6.45) is 31.5. The maximum atomic E-state index is 13.8. The fraction of sp³-hybridized carbons (Fsp3) is 0.526. The van der Waals surface area contributed by atoms with E-state index in [4.69, 9.17) is 9.47 Å². The Bertz CT molecular complexity index is 2000. The molecule has 0 aromatic heterocycles. The highest BCUT2D eigenvalue weighted by molar-refractivity contribution is 6.39. The Morgan fingerprint density at radius 3 is 1.59 bits per heavy atom. The summed E-state index contributed by atoms with van der Waals surface area (Å²) in [7, 11) is 0. The van der Waals surface area contributed by atoms with Gasteiger partial charge in [-0.1, -0.05) is 134 Å². The van der Waals surface area contributed by atoms with E-state index in [1.807, 2.05) is 24.3 Å². The van der Waals surface area contributed by atoms with Gasteiger partial charge in [-0.2, -0.15) is 0 Å². The van der Waals surface area contributed by atoms with Gasteiger partial charge in [0, 0.05) is 29.1 Å². The molecule has 7 heteroatoms. The lowest BCUT2D eigenvalue weighted by molar-refractivity contribution is -0.111. The van der Waals surface area contributed by atoms with Gasteiger partial charge in [0.05, 0.1) is 30.4 Å². The van der Waals surface area contributed by atoms with Crippen LogP contribution in [0.25, 0.3) is 5.57 Å². The van der Waals surface area contributed by atoms with E-state index in [9.17, 15) is 9.90 Å². The number of Topliss-reactive ketones (excluding diaryl/α,β-unsaturated/α-hetero) is 1. The molecule has 3 aromatic carbocycles. The summed E-state index contributed by atoms with van der Waals surface area (Å²) >= 11 is 0. The van der Waals surface area contributed by atoms with Gasteiger partial charge in [0.2, 0.25) is 5.78 Å². The van der Waals surface area contributed by atoms with Crippen LogP contribution >= 0.6 is 0 Å². The number of ketones is 1. The monoisotopic (exact) mass is 868 g/mol. The highest BCUT2D eigenvalue weighted by Crippen LogP contribution is 2.42. The molecule has 1 N–H and O–H groups in total. The molecule has 0 heterocycles. The first-order valence-electron chi connectivity index (χ1n) is 25.4. The molecule has 0 amide bonds. The SMILES string of the molecule is CCCCCCCOc1ccc(N(c2ccc(C3=C(O)C(=C4C=CC(N(c5ccc(OCCCCCCN(CC)CC)cc5)C5CCCCC5)C=C4)C3=O)cc2)C2CCCCC2)cc1. The molecule has 7 rings (SSSR count). The van der Waals surface area contributed by atoms with Crippen LogP contribution in [-0.2, 0) is 4.79 Å². The van der Waals surface area contributed by atoms with E-state index in [2.05, 4.69) is 108 Å². The van der Waals surface area contributed by atoms with Crippen molar-refractivity contribution in [2.45, 2.75) is 161 Å². The van der Waals surface area contributed by atoms with Gasteiger partial charge in [0.25, 0.3) is 0 Å². The zero-order chi connectivity index (χ0) is 44.5. The minimum absolute atomic E-state index is 0.0556. The van der Waals surface area contributed by atoms with E-state index in [1.54, 1.807) is 0 Å². The van der Waals surface area contributed by atoms with Crippen molar-refractivity contribution in [1.82, 2.24) is 4.90 Å². The van der Waals surface area contributed by atoms with Crippen molar-refractivity contribution in [2.75, 3.05) is 42.6 Å². The number of anilines is 3. The Morgan fingerprint density at radius 1 is 0.562 bits per heavy atom. The lowest BCUT2D eigenvalue weighted by Crippen LogP contribution is -2.43. The largest absolute Gasteiger partial charge is 0.506 e. The summed E-state index contributed by atoms with van der Waals surface area (Å²) in [5.74, 6) is 1.83. The van der Waals surface area contributed by atoms with Crippen LogP contribution in [0.4, 0.5) is 17.1 Å². The first-order valence-corrected chi connectivity index (χ1v) is 25.4. The second kappa shape index (κ2) is 24.5. The van der Waals surface area contributed by atoms with E-state index in [1.165, 1.54) is 109 Å². The van der Waals surface area contributed by atoms with Crippen LogP contribution in [0.3, 0.4) is 0 Å². The predicted octanol–water partition coefficient (Wildman–Crippen LogP) is 14.3.